The monoisotopic (exact) mass is 288 g/mol. The molecule has 0 heterocycles. The molecule has 0 fully saturated rings. The molecule has 58 valence electrons. The predicted octanol–water partition coefficient (Wildman–Crippen LogP) is -4.24. The summed E-state index contributed by atoms with van der Waals surface area (Å²) in [7, 11) is 0. The normalized spacial score (nSPS) is 6.18. The van der Waals surface area contributed by atoms with Crippen LogP contribution >= 0.6 is 0 Å². The summed E-state index contributed by atoms with van der Waals surface area (Å²) in [5.74, 6) is 0. The van der Waals surface area contributed by atoms with Gasteiger partial charge in [0.2, 0.25) is 0 Å². The van der Waals surface area contributed by atoms with Crippen molar-refractivity contribution >= 4 is 31.9 Å². The Morgan fingerprint density at radius 1 is 1.00 bits per heavy atom. The van der Waals surface area contributed by atoms with Crippen LogP contribution in [-0.4, -0.2) is 25.8 Å². The van der Waals surface area contributed by atoms with E-state index < -0.39 is 0 Å². The first-order valence-electron chi connectivity index (χ1n) is 2.53. The summed E-state index contributed by atoms with van der Waals surface area (Å²) in [5.41, 5.74) is 1.06. The van der Waals surface area contributed by atoms with Gasteiger partial charge < -0.3 is 24.8 Å². The third kappa shape index (κ3) is 6.79. The van der Waals surface area contributed by atoms with Crippen molar-refractivity contribution in [2.24, 2.45) is 0 Å². The molecule has 0 amide bonds. The van der Waals surface area contributed by atoms with Crippen molar-refractivity contribution in [1.82, 2.24) is 0 Å². The van der Waals surface area contributed by atoms with Crippen molar-refractivity contribution in [1.29, 1.82) is 0 Å². The van der Waals surface area contributed by atoms with E-state index in [-0.39, 0.29) is 50.7 Å². The second-order valence-electron chi connectivity index (χ2n) is 1.58. The molecule has 1 rings (SSSR count). The first-order valence-corrected chi connectivity index (χ1v) is 2.53. The Morgan fingerprint density at radius 3 is 1.73 bits per heavy atom. The van der Waals surface area contributed by atoms with Crippen LogP contribution in [0.2, 0.25) is 0 Å². The van der Waals surface area contributed by atoms with Crippen LogP contribution in [0.15, 0.2) is 30.3 Å². The maximum absolute atomic E-state index is 5.22. The molecule has 1 aromatic rings. The molecular formula is C8H7Cl2In-2. The van der Waals surface area contributed by atoms with Crippen LogP contribution in [0.5, 0.6) is 0 Å². The van der Waals surface area contributed by atoms with E-state index >= 15 is 0 Å². The molecule has 4 radical (unpaired) electrons. The summed E-state index contributed by atoms with van der Waals surface area (Å²) < 4.78 is 0. The third-order valence-electron chi connectivity index (χ3n) is 0.992. The molecule has 0 saturated carbocycles. The minimum absolute atomic E-state index is 0. The molecule has 11 heavy (non-hydrogen) atoms. The second kappa shape index (κ2) is 10.4. The summed E-state index contributed by atoms with van der Waals surface area (Å²) in [4.78, 5) is 0. The van der Waals surface area contributed by atoms with Gasteiger partial charge in [0.15, 0.2) is 0 Å². The van der Waals surface area contributed by atoms with E-state index in [1.54, 1.807) is 6.08 Å². The average Bonchev–Trinajstić information content (AvgIpc) is 1.90. The number of hydrogen-bond acceptors (Lipinski definition) is 0. The van der Waals surface area contributed by atoms with Crippen LogP contribution in [0.3, 0.4) is 0 Å². The third-order valence-corrected chi connectivity index (χ3v) is 0.992. The molecule has 0 unspecified atom stereocenters. The number of hydrogen-bond donors (Lipinski definition) is 0. The first kappa shape index (κ1) is 17.5. The molecule has 0 aromatic heterocycles. The Kier molecular flexibility index (Phi) is 16.5. The molecule has 0 aliphatic carbocycles. The zero-order valence-electron chi connectivity index (χ0n) is 5.87. The average molecular weight is 289 g/mol. The van der Waals surface area contributed by atoms with Crippen molar-refractivity contribution in [2.45, 2.75) is 0 Å². The molecule has 0 aliphatic rings. The van der Waals surface area contributed by atoms with Crippen LogP contribution in [0.1, 0.15) is 5.56 Å². The van der Waals surface area contributed by atoms with Gasteiger partial charge in [0.05, 0.1) is 0 Å². The van der Waals surface area contributed by atoms with Crippen molar-refractivity contribution in [3.8, 4) is 0 Å². The minimum atomic E-state index is 0. The topological polar surface area (TPSA) is 0 Å². The number of rotatable bonds is 1. The molecule has 0 spiro atoms. The molecule has 0 bridgehead atoms. The van der Waals surface area contributed by atoms with E-state index in [9.17, 15) is 0 Å². The maximum atomic E-state index is 5.22. The minimum Gasteiger partial charge on any atom is -1.00 e. The maximum Gasteiger partial charge on any atom is 0 e. The standard InChI is InChI=1S/C8H7.2ClH.In/c1-2-8-6-4-3-5-7-8;;;/h1-7H;2*1H;/p-2. The number of halogens is 2. The van der Waals surface area contributed by atoms with Gasteiger partial charge >= 0.3 is 0 Å². The van der Waals surface area contributed by atoms with E-state index in [1.807, 2.05) is 30.3 Å². The molecular weight excluding hydrogens is 282 g/mol. The quantitative estimate of drug-likeness (QED) is 0.491. The predicted molar refractivity (Wildman–Crippen MR) is 41.0 cm³/mol. The fourth-order valence-corrected chi connectivity index (χ4v) is 0.564. The largest absolute Gasteiger partial charge is 1.00 e. The molecule has 0 atom stereocenters. The van der Waals surface area contributed by atoms with Gasteiger partial charge in [-0.3, -0.25) is 0 Å². The molecule has 0 nitrogen and oxygen atoms in total. The van der Waals surface area contributed by atoms with Crippen molar-refractivity contribution < 1.29 is 24.8 Å². The van der Waals surface area contributed by atoms with E-state index in [2.05, 4.69) is 0 Å². The fraction of sp³-hybridized carbons (Fsp3) is 0. The Hall–Kier alpha value is 0.410. The van der Waals surface area contributed by atoms with E-state index in [0.717, 1.165) is 5.56 Å². The van der Waals surface area contributed by atoms with E-state index in [4.69, 9.17) is 6.58 Å². The molecule has 0 N–H and O–H groups in total. The molecule has 0 saturated heterocycles. The van der Waals surface area contributed by atoms with E-state index in [1.165, 1.54) is 0 Å². The van der Waals surface area contributed by atoms with Gasteiger partial charge in [-0.2, -0.15) is 0 Å². The molecule has 1 aromatic carbocycles. The van der Waals surface area contributed by atoms with Crippen LogP contribution in [0.25, 0.3) is 6.08 Å². The zero-order valence-corrected chi connectivity index (χ0v) is 10.7. The summed E-state index contributed by atoms with van der Waals surface area (Å²) >= 11 is 0. The van der Waals surface area contributed by atoms with Crippen LogP contribution in [0.4, 0.5) is 0 Å². The second-order valence-corrected chi connectivity index (χ2v) is 1.58. The van der Waals surface area contributed by atoms with Crippen LogP contribution in [-0.2, 0) is 0 Å². The van der Waals surface area contributed by atoms with Gasteiger partial charge in [-0.1, -0.05) is 43.0 Å². The summed E-state index contributed by atoms with van der Waals surface area (Å²) in [6.07, 6.45) is 1.58. The summed E-state index contributed by atoms with van der Waals surface area (Å²) in [6, 6.07) is 9.80. The number of benzene rings is 1. The van der Waals surface area contributed by atoms with Gasteiger partial charge in [-0.05, 0) is 5.56 Å². The van der Waals surface area contributed by atoms with Gasteiger partial charge in [0.1, 0.15) is 0 Å². The summed E-state index contributed by atoms with van der Waals surface area (Å²) in [6.45, 7) is 5.22. The van der Waals surface area contributed by atoms with Gasteiger partial charge in [0.25, 0.3) is 0 Å². The van der Waals surface area contributed by atoms with Crippen LogP contribution in [0, 0.1) is 6.58 Å². The molecule has 0 aliphatic heterocycles. The fourth-order valence-electron chi connectivity index (χ4n) is 0.564. The Bertz CT molecular complexity index is 175. The van der Waals surface area contributed by atoms with Gasteiger partial charge in [-0.15, -0.1) is 0 Å². The van der Waals surface area contributed by atoms with Gasteiger partial charge in [0, 0.05) is 25.8 Å². The first-order chi connectivity index (χ1) is 3.93. The van der Waals surface area contributed by atoms with Crippen molar-refractivity contribution in [2.75, 3.05) is 0 Å². The Labute approximate surface area is 98.7 Å². The van der Waals surface area contributed by atoms with Crippen molar-refractivity contribution in [3.63, 3.8) is 0 Å². The summed E-state index contributed by atoms with van der Waals surface area (Å²) in [5, 5.41) is 0. The van der Waals surface area contributed by atoms with Crippen LogP contribution < -0.4 is 24.8 Å². The Morgan fingerprint density at radius 2 is 1.45 bits per heavy atom. The van der Waals surface area contributed by atoms with Gasteiger partial charge in [-0.25, -0.2) is 0 Å². The van der Waals surface area contributed by atoms with Crippen molar-refractivity contribution in [3.05, 3.63) is 42.5 Å². The smallest absolute Gasteiger partial charge is 0 e. The Balaban J connectivity index is -0.000000213. The van der Waals surface area contributed by atoms with E-state index in [0.29, 0.717) is 0 Å². The molecule has 3 heteroatoms. The SMILES string of the molecule is [CH]=Cc1ccccc1.[Cl-].[Cl-].[In]. The zero-order chi connectivity index (χ0) is 5.82.